The molecule has 1 aromatic carbocycles. The van der Waals surface area contributed by atoms with Crippen LogP contribution >= 0.6 is 31.9 Å². The zero-order valence-electron chi connectivity index (χ0n) is 7.11. The summed E-state index contributed by atoms with van der Waals surface area (Å²) < 4.78 is 0.709. The summed E-state index contributed by atoms with van der Waals surface area (Å²) in [7, 11) is 0. The molecule has 14 heavy (non-hydrogen) atoms. The summed E-state index contributed by atoms with van der Waals surface area (Å²) >= 11 is 6.41. The van der Waals surface area contributed by atoms with Crippen molar-refractivity contribution in [2.24, 2.45) is 0 Å². The van der Waals surface area contributed by atoms with Crippen LogP contribution in [0.3, 0.4) is 0 Å². The van der Waals surface area contributed by atoms with Gasteiger partial charge in [-0.05, 0) is 12.1 Å². The van der Waals surface area contributed by atoms with E-state index < -0.39 is 4.92 Å². The van der Waals surface area contributed by atoms with E-state index in [1.165, 1.54) is 6.07 Å². The molecule has 0 aliphatic heterocycles. The monoisotopic (exact) mass is 319 g/mol. The lowest BCUT2D eigenvalue weighted by molar-refractivity contribution is -0.385. The predicted octanol–water partition coefficient (Wildman–Crippen LogP) is 3.77. The van der Waals surface area contributed by atoms with Gasteiger partial charge in [-0.2, -0.15) is 0 Å². The number of nitrogens with zero attached hydrogens (tertiary/aromatic N) is 1. The highest BCUT2D eigenvalue weighted by Crippen LogP contribution is 2.24. The maximum absolute atomic E-state index is 10.7. The molecule has 0 amide bonds. The number of benzene rings is 1. The van der Waals surface area contributed by atoms with E-state index in [4.69, 9.17) is 0 Å². The maximum Gasteiger partial charge on any atom is 0.277 e. The number of rotatable bonds is 3. The van der Waals surface area contributed by atoms with E-state index in [2.05, 4.69) is 31.9 Å². The van der Waals surface area contributed by atoms with E-state index in [1.807, 2.05) is 6.08 Å². The molecule has 0 unspecified atom stereocenters. The second-order valence-electron chi connectivity index (χ2n) is 2.52. The minimum Gasteiger partial charge on any atom is -0.258 e. The van der Waals surface area contributed by atoms with E-state index >= 15 is 0 Å². The number of allylic oxidation sites excluding steroid dienone is 1. The van der Waals surface area contributed by atoms with Gasteiger partial charge >= 0.3 is 0 Å². The molecule has 3 nitrogen and oxygen atoms in total. The lowest BCUT2D eigenvalue weighted by Gasteiger charge is -1.97. The highest BCUT2D eigenvalue weighted by molar-refractivity contribution is 9.10. The second-order valence-corrected chi connectivity index (χ2v) is 4.08. The molecule has 1 rings (SSSR count). The number of nitro groups is 1. The molecule has 0 heterocycles. The molecule has 74 valence electrons. The Morgan fingerprint density at radius 1 is 1.50 bits per heavy atom. The van der Waals surface area contributed by atoms with Gasteiger partial charge in [0.1, 0.15) is 0 Å². The van der Waals surface area contributed by atoms with Gasteiger partial charge in [0.25, 0.3) is 5.69 Å². The van der Waals surface area contributed by atoms with Crippen LogP contribution in [0.4, 0.5) is 5.69 Å². The van der Waals surface area contributed by atoms with Gasteiger partial charge in [-0.3, -0.25) is 10.1 Å². The lowest BCUT2D eigenvalue weighted by atomic mass is 10.2. The van der Waals surface area contributed by atoms with Crippen LogP contribution in [0.1, 0.15) is 5.56 Å². The van der Waals surface area contributed by atoms with Crippen molar-refractivity contribution in [3.05, 3.63) is 44.4 Å². The van der Waals surface area contributed by atoms with Gasteiger partial charge in [-0.15, -0.1) is 0 Å². The molecule has 1 aromatic rings. The molecule has 0 radical (unpaired) electrons. The number of halogens is 2. The average molecular weight is 321 g/mol. The van der Waals surface area contributed by atoms with Crippen LogP contribution in [0.15, 0.2) is 28.7 Å². The molecule has 0 bridgehead atoms. The van der Waals surface area contributed by atoms with Crippen LogP contribution < -0.4 is 0 Å². The van der Waals surface area contributed by atoms with Gasteiger partial charge in [-0.1, -0.05) is 44.0 Å². The zero-order chi connectivity index (χ0) is 10.6. The summed E-state index contributed by atoms with van der Waals surface area (Å²) in [6.45, 7) is 0. The largest absolute Gasteiger partial charge is 0.277 e. The van der Waals surface area contributed by atoms with E-state index in [0.29, 0.717) is 15.4 Å². The SMILES string of the molecule is O=[N+]([O-])c1cc(Br)ccc1/C=C/CBr. The zero-order valence-corrected chi connectivity index (χ0v) is 10.3. The lowest BCUT2D eigenvalue weighted by Crippen LogP contribution is -1.91. The Balaban J connectivity index is 3.15. The molecule has 0 fully saturated rings. The summed E-state index contributed by atoms with van der Waals surface area (Å²) in [5, 5.41) is 11.4. The van der Waals surface area contributed by atoms with Gasteiger partial charge < -0.3 is 0 Å². The van der Waals surface area contributed by atoms with Crippen molar-refractivity contribution in [2.45, 2.75) is 0 Å². The van der Waals surface area contributed by atoms with Crippen molar-refractivity contribution in [3.63, 3.8) is 0 Å². The van der Waals surface area contributed by atoms with Crippen molar-refractivity contribution in [1.82, 2.24) is 0 Å². The molecule has 0 aliphatic rings. The smallest absolute Gasteiger partial charge is 0.258 e. The Morgan fingerprint density at radius 3 is 2.79 bits per heavy atom. The van der Waals surface area contributed by atoms with E-state index in [9.17, 15) is 10.1 Å². The molecule has 0 saturated heterocycles. The summed E-state index contributed by atoms with van der Waals surface area (Å²) in [4.78, 5) is 10.3. The minimum atomic E-state index is -0.390. The molecule has 0 spiro atoms. The maximum atomic E-state index is 10.7. The van der Waals surface area contributed by atoms with Crippen LogP contribution in [-0.2, 0) is 0 Å². The van der Waals surface area contributed by atoms with Crippen LogP contribution in [0, 0.1) is 10.1 Å². The molecule has 0 saturated carbocycles. The Hall–Kier alpha value is -0.680. The fraction of sp³-hybridized carbons (Fsp3) is 0.111. The average Bonchev–Trinajstić information content (AvgIpc) is 2.15. The number of nitro benzene ring substituents is 1. The number of hydrogen-bond donors (Lipinski definition) is 0. The molecule has 5 heteroatoms. The summed E-state index contributed by atoms with van der Waals surface area (Å²) in [6.07, 6.45) is 3.54. The molecule has 0 N–H and O–H groups in total. The Kier molecular flexibility index (Phi) is 4.28. The highest BCUT2D eigenvalue weighted by Gasteiger charge is 2.10. The fourth-order valence-electron chi connectivity index (χ4n) is 0.987. The first kappa shape index (κ1) is 11.4. The Morgan fingerprint density at radius 2 is 2.21 bits per heavy atom. The van der Waals surface area contributed by atoms with Gasteiger partial charge in [0.15, 0.2) is 0 Å². The first-order chi connectivity index (χ1) is 6.65. The van der Waals surface area contributed by atoms with Crippen LogP contribution in [0.25, 0.3) is 6.08 Å². The van der Waals surface area contributed by atoms with Gasteiger partial charge in [0.05, 0.1) is 10.5 Å². The van der Waals surface area contributed by atoms with E-state index in [-0.39, 0.29) is 5.69 Å². The molecular formula is C9H7Br2NO2. The minimum absolute atomic E-state index is 0.108. The Bertz CT molecular complexity index is 377. The van der Waals surface area contributed by atoms with Crippen molar-refractivity contribution in [3.8, 4) is 0 Å². The van der Waals surface area contributed by atoms with Crippen molar-refractivity contribution >= 4 is 43.6 Å². The number of alkyl halides is 1. The first-order valence-corrected chi connectivity index (χ1v) is 5.73. The summed E-state index contributed by atoms with van der Waals surface area (Å²) in [5.41, 5.74) is 0.717. The van der Waals surface area contributed by atoms with Gasteiger partial charge in [-0.25, -0.2) is 0 Å². The predicted molar refractivity (Wildman–Crippen MR) is 63.6 cm³/mol. The first-order valence-electron chi connectivity index (χ1n) is 3.81. The second kappa shape index (κ2) is 5.26. The Labute approximate surface area is 98.2 Å². The fourth-order valence-corrected chi connectivity index (χ4v) is 1.52. The van der Waals surface area contributed by atoms with E-state index in [1.54, 1.807) is 18.2 Å². The van der Waals surface area contributed by atoms with E-state index in [0.717, 1.165) is 0 Å². The van der Waals surface area contributed by atoms with Crippen LogP contribution in [0.2, 0.25) is 0 Å². The van der Waals surface area contributed by atoms with Gasteiger partial charge in [0.2, 0.25) is 0 Å². The third-order valence-electron chi connectivity index (χ3n) is 1.58. The molecule has 0 atom stereocenters. The third kappa shape index (κ3) is 2.92. The molecular weight excluding hydrogens is 314 g/mol. The van der Waals surface area contributed by atoms with Crippen molar-refractivity contribution < 1.29 is 4.92 Å². The highest BCUT2D eigenvalue weighted by atomic mass is 79.9. The molecule has 0 aliphatic carbocycles. The topological polar surface area (TPSA) is 43.1 Å². The third-order valence-corrected chi connectivity index (χ3v) is 2.44. The quantitative estimate of drug-likeness (QED) is 0.483. The summed E-state index contributed by atoms with van der Waals surface area (Å²) in [5.74, 6) is 0. The van der Waals surface area contributed by atoms with Crippen molar-refractivity contribution in [2.75, 3.05) is 5.33 Å². The standard InChI is InChI=1S/C9H7Br2NO2/c10-5-1-2-7-3-4-8(11)6-9(7)12(13)14/h1-4,6H,5H2/b2-1+. The summed E-state index contributed by atoms with van der Waals surface area (Å²) in [6, 6.07) is 4.98. The van der Waals surface area contributed by atoms with Gasteiger partial charge in [0, 0.05) is 15.9 Å². The normalized spacial score (nSPS) is 10.7. The van der Waals surface area contributed by atoms with Crippen LogP contribution in [0.5, 0.6) is 0 Å². The van der Waals surface area contributed by atoms with Crippen LogP contribution in [-0.4, -0.2) is 10.3 Å². The van der Waals surface area contributed by atoms with Crippen molar-refractivity contribution in [1.29, 1.82) is 0 Å². The number of hydrogen-bond acceptors (Lipinski definition) is 2. The molecule has 0 aromatic heterocycles.